The standard InChI is InChI=1S/C11H10ClN5O2S2/c1-7-10(20-11(12)14-7)21(18,19)13-6-9-16-15-8-4-2-3-5-17(8)9/h2-5,13H,6H2,1H3. The lowest BCUT2D eigenvalue weighted by atomic mass is 10.5. The Kier molecular flexibility index (Phi) is 3.66. The number of pyridine rings is 1. The van der Waals surface area contributed by atoms with Crippen molar-refractivity contribution in [2.75, 3.05) is 0 Å². The van der Waals surface area contributed by atoms with Crippen molar-refractivity contribution in [1.82, 2.24) is 24.3 Å². The number of thiazole rings is 1. The molecular weight excluding hydrogens is 334 g/mol. The van der Waals surface area contributed by atoms with Crippen molar-refractivity contribution in [3.8, 4) is 0 Å². The number of fused-ring (bicyclic) bond motifs is 1. The van der Waals surface area contributed by atoms with Gasteiger partial charge in [0, 0.05) is 6.20 Å². The summed E-state index contributed by atoms with van der Waals surface area (Å²) in [5.41, 5.74) is 1.03. The molecule has 0 saturated carbocycles. The highest BCUT2D eigenvalue weighted by atomic mass is 35.5. The summed E-state index contributed by atoms with van der Waals surface area (Å²) in [5.74, 6) is 0.502. The molecule has 0 atom stereocenters. The quantitative estimate of drug-likeness (QED) is 0.777. The average Bonchev–Trinajstić information content (AvgIpc) is 3.00. The summed E-state index contributed by atoms with van der Waals surface area (Å²) in [6, 6.07) is 5.44. The molecule has 0 amide bonds. The third-order valence-electron chi connectivity index (χ3n) is 2.78. The van der Waals surface area contributed by atoms with Crippen LogP contribution in [0.3, 0.4) is 0 Å². The van der Waals surface area contributed by atoms with Crippen LogP contribution in [-0.4, -0.2) is 28.0 Å². The van der Waals surface area contributed by atoms with Gasteiger partial charge in [0.2, 0.25) is 0 Å². The zero-order valence-electron chi connectivity index (χ0n) is 10.8. The normalized spacial score (nSPS) is 12.1. The Balaban J connectivity index is 1.85. The lowest BCUT2D eigenvalue weighted by Crippen LogP contribution is -2.24. The number of aryl methyl sites for hydroxylation is 1. The van der Waals surface area contributed by atoms with Gasteiger partial charge in [-0.25, -0.2) is 18.1 Å². The molecule has 0 aromatic carbocycles. The predicted octanol–water partition coefficient (Wildman–Crippen LogP) is 1.63. The summed E-state index contributed by atoms with van der Waals surface area (Å²) in [5, 5.41) is 7.93. The second-order valence-electron chi connectivity index (χ2n) is 4.21. The van der Waals surface area contributed by atoms with E-state index in [1.54, 1.807) is 23.6 Å². The molecule has 0 spiro atoms. The molecule has 0 radical (unpaired) electrons. The van der Waals surface area contributed by atoms with Crippen LogP contribution in [0.15, 0.2) is 28.6 Å². The van der Waals surface area contributed by atoms with Crippen molar-refractivity contribution < 1.29 is 8.42 Å². The SMILES string of the molecule is Cc1nc(Cl)sc1S(=O)(=O)NCc1nnc2ccccn12. The summed E-state index contributed by atoms with van der Waals surface area (Å²) in [6.45, 7) is 1.63. The lowest BCUT2D eigenvalue weighted by molar-refractivity contribution is 0.580. The van der Waals surface area contributed by atoms with Crippen LogP contribution < -0.4 is 4.72 Å². The van der Waals surface area contributed by atoms with Crippen molar-refractivity contribution >= 4 is 38.6 Å². The fraction of sp³-hybridized carbons (Fsp3) is 0.182. The van der Waals surface area contributed by atoms with Gasteiger partial charge in [-0.2, -0.15) is 0 Å². The summed E-state index contributed by atoms with van der Waals surface area (Å²) in [7, 11) is -3.67. The number of halogens is 1. The Labute approximate surface area is 129 Å². The van der Waals surface area contributed by atoms with Gasteiger partial charge in [-0.3, -0.25) is 4.40 Å². The molecule has 3 rings (SSSR count). The van der Waals surface area contributed by atoms with Crippen LogP contribution in [0.5, 0.6) is 0 Å². The number of rotatable bonds is 4. The molecule has 0 aliphatic heterocycles. The van der Waals surface area contributed by atoms with Crippen LogP contribution in [0.1, 0.15) is 11.5 Å². The van der Waals surface area contributed by atoms with E-state index < -0.39 is 10.0 Å². The van der Waals surface area contributed by atoms with Crippen LogP contribution >= 0.6 is 22.9 Å². The first-order chi connectivity index (χ1) is 9.97. The number of nitrogens with zero attached hydrogens (tertiary/aromatic N) is 4. The van der Waals surface area contributed by atoms with E-state index in [2.05, 4.69) is 19.9 Å². The zero-order valence-corrected chi connectivity index (χ0v) is 13.2. The molecule has 0 aliphatic carbocycles. The van der Waals surface area contributed by atoms with Gasteiger partial charge in [-0.05, 0) is 19.1 Å². The molecule has 0 aliphatic rings. The monoisotopic (exact) mass is 343 g/mol. The van der Waals surface area contributed by atoms with Gasteiger partial charge in [0.05, 0.1) is 12.2 Å². The maximum absolute atomic E-state index is 12.2. The van der Waals surface area contributed by atoms with Gasteiger partial charge in [0.1, 0.15) is 0 Å². The van der Waals surface area contributed by atoms with Gasteiger partial charge in [-0.1, -0.05) is 29.0 Å². The zero-order chi connectivity index (χ0) is 15.0. The number of sulfonamides is 1. The molecule has 0 saturated heterocycles. The molecular formula is C11H10ClN5O2S2. The van der Waals surface area contributed by atoms with Gasteiger partial charge >= 0.3 is 0 Å². The van der Waals surface area contributed by atoms with E-state index in [9.17, 15) is 8.42 Å². The van der Waals surface area contributed by atoms with Crippen molar-refractivity contribution in [3.05, 3.63) is 40.4 Å². The minimum atomic E-state index is -3.67. The highest BCUT2D eigenvalue weighted by Gasteiger charge is 2.21. The molecule has 3 heterocycles. The Bertz CT molecular complexity index is 902. The van der Waals surface area contributed by atoms with E-state index in [0.717, 1.165) is 11.3 Å². The lowest BCUT2D eigenvalue weighted by Gasteiger charge is -2.04. The van der Waals surface area contributed by atoms with Crippen LogP contribution in [0, 0.1) is 6.92 Å². The third kappa shape index (κ3) is 2.77. The molecule has 3 aromatic heterocycles. The van der Waals surface area contributed by atoms with Crippen LogP contribution in [0.2, 0.25) is 4.47 Å². The van der Waals surface area contributed by atoms with Crippen LogP contribution in [0.4, 0.5) is 0 Å². The summed E-state index contributed by atoms with van der Waals surface area (Å²) < 4.78 is 29.0. The molecule has 1 N–H and O–H groups in total. The summed E-state index contributed by atoms with van der Waals surface area (Å²) in [6.07, 6.45) is 1.77. The molecule has 10 heteroatoms. The molecule has 3 aromatic rings. The Morgan fingerprint density at radius 3 is 2.90 bits per heavy atom. The summed E-state index contributed by atoms with van der Waals surface area (Å²) >= 11 is 6.66. The van der Waals surface area contributed by atoms with Crippen molar-refractivity contribution in [1.29, 1.82) is 0 Å². The number of hydrogen-bond acceptors (Lipinski definition) is 6. The van der Waals surface area contributed by atoms with Crippen molar-refractivity contribution in [2.45, 2.75) is 17.7 Å². The van der Waals surface area contributed by atoms with E-state index in [1.165, 1.54) is 0 Å². The number of nitrogens with one attached hydrogen (secondary N) is 1. The Morgan fingerprint density at radius 2 is 2.19 bits per heavy atom. The topological polar surface area (TPSA) is 89.2 Å². The van der Waals surface area contributed by atoms with E-state index >= 15 is 0 Å². The first-order valence-corrected chi connectivity index (χ1v) is 8.56. The van der Waals surface area contributed by atoms with Crippen molar-refractivity contribution in [2.24, 2.45) is 0 Å². The van der Waals surface area contributed by atoms with Crippen LogP contribution in [-0.2, 0) is 16.6 Å². The maximum atomic E-state index is 12.2. The number of hydrogen-bond donors (Lipinski definition) is 1. The van der Waals surface area contributed by atoms with E-state index in [0.29, 0.717) is 17.2 Å². The molecule has 21 heavy (non-hydrogen) atoms. The van der Waals surface area contributed by atoms with E-state index in [4.69, 9.17) is 11.6 Å². The second kappa shape index (κ2) is 5.34. The highest BCUT2D eigenvalue weighted by molar-refractivity contribution is 7.91. The fourth-order valence-corrected chi connectivity index (χ4v) is 4.60. The van der Waals surface area contributed by atoms with E-state index in [1.807, 2.05) is 12.1 Å². The molecule has 7 nitrogen and oxygen atoms in total. The minimum Gasteiger partial charge on any atom is -0.285 e. The van der Waals surface area contributed by atoms with Crippen LogP contribution in [0.25, 0.3) is 5.65 Å². The smallest absolute Gasteiger partial charge is 0.252 e. The molecule has 0 fully saturated rings. The summed E-state index contributed by atoms with van der Waals surface area (Å²) in [4.78, 5) is 3.90. The van der Waals surface area contributed by atoms with Gasteiger partial charge in [0.25, 0.3) is 10.0 Å². The molecule has 0 bridgehead atoms. The maximum Gasteiger partial charge on any atom is 0.252 e. The molecule has 110 valence electrons. The van der Waals surface area contributed by atoms with Gasteiger partial charge < -0.3 is 0 Å². The fourth-order valence-electron chi connectivity index (χ4n) is 1.84. The first-order valence-electron chi connectivity index (χ1n) is 5.88. The number of aromatic nitrogens is 4. The van der Waals surface area contributed by atoms with Gasteiger partial charge in [-0.15, -0.1) is 10.2 Å². The van der Waals surface area contributed by atoms with Gasteiger partial charge in [0.15, 0.2) is 20.1 Å². The Hall–Kier alpha value is -1.55. The largest absolute Gasteiger partial charge is 0.285 e. The minimum absolute atomic E-state index is 0.0302. The van der Waals surface area contributed by atoms with Crippen molar-refractivity contribution in [3.63, 3.8) is 0 Å². The first kappa shape index (κ1) is 14.4. The highest BCUT2D eigenvalue weighted by Crippen LogP contribution is 2.26. The predicted molar refractivity (Wildman–Crippen MR) is 78.9 cm³/mol. The molecule has 0 unspecified atom stereocenters. The van der Waals surface area contributed by atoms with E-state index in [-0.39, 0.29) is 15.2 Å². The Morgan fingerprint density at radius 1 is 1.38 bits per heavy atom. The average molecular weight is 344 g/mol. The third-order valence-corrected chi connectivity index (χ3v) is 6.05. The second-order valence-corrected chi connectivity index (χ2v) is 7.75.